The Balaban J connectivity index is 0.000000204. The Labute approximate surface area is 120 Å². The van der Waals surface area contributed by atoms with Crippen molar-refractivity contribution in [2.75, 3.05) is 0 Å². The second-order valence-electron chi connectivity index (χ2n) is 4.44. The SMILES string of the molecule is CCc1ccc([NH3+])cc1.Cc1ccc(S(=O)(=O)[O-])cc1. The lowest BCUT2D eigenvalue weighted by Gasteiger charge is -2.05. The van der Waals surface area contributed by atoms with Gasteiger partial charge in [0.05, 0.1) is 4.90 Å². The van der Waals surface area contributed by atoms with E-state index in [0.717, 1.165) is 17.7 Å². The Morgan fingerprint density at radius 2 is 1.50 bits per heavy atom. The summed E-state index contributed by atoms with van der Waals surface area (Å²) in [6.45, 7) is 3.97. The molecule has 0 aliphatic rings. The molecule has 0 atom stereocenters. The summed E-state index contributed by atoms with van der Waals surface area (Å²) in [5.74, 6) is 0. The molecule has 3 N–H and O–H groups in total. The van der Waals surface area contributed by atoms with Crippen LogP contribution in [0.5, 0.6) is 0 Å². The summed E-state index contributed by atoms with van der Waals surface area (Å²) in [6, 6.07) is 14.1. The predicted octanol–water partition coefficient (Wildman–Crippen LogP) is 2.02. The van der Waals surface area contributed by atoms with Crippen molar-refractivity contribution in [3.8, 4) is 0 Å². The van der Waals surface area contributed by atoms with Crippen molar-refractivity contribution < 1.29 is 18.7 Å². The highest BCUT2D eigenvalue weighted by Gasteiger charge is 1.97. The van der Waals surface area contributed by atoms with Crippen LogP contribution < -0.4 is 5.73 Å². The zero-order valence-corrected chi connectivity index (χ0v) is 12.5. The standard InChI is InChI=1S/C8H11N.C7H8O3S/c1-2-7-3-5-8(9)6-4-7;1-6-2-4-7(5-3-6)11(8,9)10/h3-6H,2,9H2,1H3;2-5H,1H3,(H,8,9,10). The lowest BCUT2D eigenvalue weighted by molar-refractivity contribution is -0.254. The van der Waals surface area contributed by atoms with Gasteiger partial charge in [0.15, 0.2) is 0 Å². The maximum Gasteiger partial charge on any atom is 0.127 e. The molecule has 0 unspecified atom stereocenters. The zero-order valence-electron chi connectivity index (χ0n) is 11.7. The second-order valence-corrected chi connectivity index (χ2v) is 5.82. The number of benzene rings is 2. The Hall–Kier alpha value is -1.69. The molecular formula is C15H19NO3S. The molecule has 2 rings (SSSR count). The summed E-state index contributed by atoms with van der Waals surface area (Å²) in [5.41, 5.74) is 7.19. The van der Waals surface area contributed by atoms with E-state index >= 15 is 0 Å². The van der Waals surface area contributed by atoms with Crippen molar-refractivity contribution in [2.45, 2.75) is 25.2 Å². The highest BCUT2D eigenvalue weighted by atomic mass is 32.2. The van der Waals surface area contributed by atoms with Crippen molar-refractivity contribution in [1.29, 1.82) is 0 Å². The molecule has 0 bridgehead atoms. The van der Waals surface area contributed by atoms with E-state index in [2.05, 4.69) is 24.8 Å². The number of quaternary nitrogens is 1. The molecule has 0 aromatic heterocycles. The number of rotatable bonds is 2. The molecule has 2 aromatic rings. The van der Waals surface area contributed by atoms with Gasteiger partial charge in [-0.2, -0.15) is 0 Å². The highest BCUT2D eigenvalue weighted by Crippen LogP contribution is 2.08. The van der Waals surface area contributed by atoms with Gasteiger partial charge < -0.3 is 10.3 Å². The van der Waals surface area contributed by atoms with Crippen LogP contribution in [0.15, 0.2) is 53.4 Å². The third kappa shape index (κ3) is 5.52. The fraction of sp³-hybridized carbons (Fsp3) is 0.200. The molecule has 0 heterocycles. The van der Waals surface area contributed by atoms with Crippen LogP contribution in [0, 0.1) is 6.92 Å². The van der Waals surface area contributed by atoms with E-state index in [1.165, 1.54) is 17.7 Å². The largest absolute Gasteiger partial charge is 0.744 e. The van der Waals surface area contributed by atoms with Crippen LogP contribution in [0.3, 0.4) is 0 Å². The number of hydrogen-bond donors (Lipinski definition) is 1. The molecule has 0 amide bonds. The highest BCUT2D eigenvalue weighted by molar-refractivity contribution is 7.85. The molecule has 0 spiro atoms. The molecule has 2 aromatic carbocycles. The summed E-state index contributed by atoms with van der Waals surface area (Å²) in [7, 11) is -4.27. The molecule has 4 nitrogen and oxygen atoms in total. The Bertz CT molecular complexity index is 632. The van der Waals surface area contributed by atoms with E-state index in [1.807, 2.05) is 19.1 Å². The molecule has 0 saturated carbocycles. The van der Waals surface area contributed by atoms with E-state index in [0.29, 0.717) is 0 Å². The van der Waals surface area contributed by atoms with Gasteiger partial charge in [0.25, 0.3) is 0 Å². The minimum absolute atomic E-state index is 0.178. The minimum Gasteiger partial charge on any atom is -0.744 e. The van der Waals surface area contributed by atoms with E-state index in [9.17, 15) is 13.0 Å². The molecule has 0 radical (unpaired) electrons. The van der Waals surface area contributed by atoms with Crippen molar-refractivity contribution in [3.63, 3.8) is 0 Å². The van der Waals surface area contributed by atoms with Crippen molar-refractivity contribution in [1.82, 2.24) is 0 Å². The maximum atomic E-state index is 10.4. The predicted molar refractivity (Wildman–Crippen MR) is 77.5 cm³/mol. The summed E-state index contributed by atoms with van der Waals surface area (Å²) >= 11 is 0. The van der Waals surface area contributed by atoms with Gasteiger partial charge in [-0.3, -0.25) is 0 Å². The zero-order chi connectivity index (χ0) is 15.2. The third-order valence-corrected chi connectivity index (χ3v) is 3.59. The fourth-order valence-corrected chi connectivity index (χ4v) is 1.95. The van der Waals surface area contributed by atoms with Crippen LogP contribution in [-0.4, -0.2) is 13.0 Å². The number of hydrogen-bond acceptors (Lipinski definition) is 3. The van der Waals surface area contributed by atoms with Crippen molar-refractivity contribution in [2.24, 2.45) is 0 Å². The van der Waals surface area contributed by atoms with E-state index in [4.69, 9.17) is 0 Å². The maximum absolute atomic E-state index is 10.4. The normalized spacial score (nSPS) is 10.6. The molecule has 0 aliphatic carbocycles. The van der Waals surface area contributed by atoms with Gasteiger partial charge in [-0.15, -0.1) is 0 Å². The molecule has 0 fully saturated rings. The lowest BCUT2D eigenvalue weighted by atomic mass is 10.2. The van der Waals surface area contributed by atoms with Gasteiger partial charge in [0.1, 0.15) is 15.8 Å². The van der Waals surface area contributed by atoms with Gasteiger partial charge in [-0.1, -0.05) is 36.8 Å². The molecule has 108 valence electrons. The second kappa shape index (κ2) is 7.19. The average molecular weight is 293 g/mol. The first-order chi connectivity index (χ1) is 9.32. The first-order valence-electron chi connectivity index (χ1n) is 6.26. The van der Waals surface area contributed by atoms with Crippen molar-refractivity contribution >= 4 is 15.8 Å². The van der Waals surface area contributed by atoms with Crippen LogP contribution in [0.1, 0.15) is 18.1 Å². The molecule has 5 heteroatoms. The van der Waals surface area contributed by atoms with Gasteiger partial charge in [0.2, 0.25) is 0 Å². The summed E-state index contributed by atoms with van der Waals surface area (Å²) in [5, 5.41) is 0. The lowest BCUT2D eigenvalue weighted by Crippen LogP contribution is -2.39. The Kier molecular flexibility index (Phi) is 5.88. The van der Waals surface area contributed by atoms with Crippen LogP contribution in [0.4, 0.5) is 5.69 Å². The van der Waals surface area contributed by atoms with Crippen LogP contribution in [-0.2, 0) is 16.5 Å². The number of aryl methyl sites for hydroxylation is 2. The first kappa shape index (κ1) is 16.4. The summed E-state index contributed by atoms with van der Waals surface area (Å²) < 4.78 is 31.2. The van der Waals surface area contributed by atoms with Gasteiger partial charge in [0, 0.05) is 0 Å². The van der Waals surface area contributed by atoms with Crippen LogP contribution in [0.25, 0.3) is 0 Å². The smallest absolute Gasteiger partial charge is 0.127 e. The Morgan fingerprint density at radius 3 is 1.90 bits per heavy atom. The third-order valence-electron chi connectivity index (χ3n) is 2.74. The van der Waals surface area contributed by atoms with Crippen LogP contribution in [0.2, 0.25) is 0 Å². The molecule has 0 saturated heterocycles. The molecule has 0 aliphatic heterocycles. The van der Waals surface area contributed by atoms with Gasteiger partial charge in [-0.05, 0) is 43.2 Å². The van der Waals surface area contributed by atoms with Crippen LogP contribution >= 0.6 is 0 Å². The fourth-order valence-electron chi connectivity index (χ4n) is 1.48. The Morgan fingerprint density at radius 1 is 1.00 bits per heavy atom. The summed E-state index contributed by atoms with van der Waals surface area (Å²) in [4.78, 5) is -0.178. The quantitative estimate of drug-likeness (QED) is 0.860. The van der Waals surface area contributed by atoms with E-state index in [1.54, 1.807) is 12.1 Å². The molecular weight excluding hydrogens is 274 g/mol. The van der Waals surface area contributed by atoms with Gasteiger partial charge >= 0.3 is 0 Å². The van der Waals surface area contributed by atoms with E-state index < -0.39 is 10.1 Å². The van der Waals surface area contributed by atoms with Gasteiger partial charge in [-0.25, -0.2) is 8.42 Å². The monoisotopic (exact) mass is 293 g/mol. The first-order valence-corrected chi connectivity index (χ1v) is 7.67. The topological polar surface area (TPSA) is 84.8 Å². The van der Waals surface area contributed by atoms with E-state index in [-0.39, 0.29) is 4.90 Å². The minimum atomic E-state index is -4.27. The summed E-state index contributed by atoms with van der Waals surface area (Å²) in [6.07, 6.45) is 1.11. The molecule has 20 heavy (non-hydrogen) atoms. The average Bonchev–Trinajstić information content (AvgIpc) is 2.40. The van der Waals surface area contributed by atoms with Crippen molar-refractivity contribution in [3.05, 3.63) is 59.7 Å².